The maximum absolute atomic E-state index is 9.57. The van der Waals surface area contributed by atoms with Crippen LogP contribution in [-0.2, 0) is 17.1 Å². The van der Waals surface area contributed by atoms with Crippen LogP contribution in [0.25, 0.3) is 43.5 Å². The SMILES string of the molecule is N#CC(C#N)=C(C#N)c1ccc(-c2ccc(-c3sccc3-[c-]3cccc3)n2-c2ccccc2)s1.[Fe].[cH-]1[cH-][cH-][cH-][cH-]1. The summed E-state index contributed by atoms with van der Waals surface area (Å²) in [5.41, 5.74) is 5.39. The van der Waals surface area contributed by atoms with E-state index in [1.807, 2.05) is 84.9 Å². The van der Waals surface area contributed by atoms with Crippen LogP contribution in [0.15, 0.2) is 126 Å². The molecule has 3 heterocycles. The molecule has 0 aliphatic carbocycles. The van der Waals surface area contributed by atoms with Crippen LogP contribution in [-0.4, -0.2) is 4.57 Å². The molecule has 0 saturated heterocycles. The summed E-state index contributed by atoms with van der Waals surface area (Å²) >= 11 is 3.10. The molecule has 7 heteroatoms. The largest absolute Gasteiger partial charge is 0.748 e. The molecule has 4 nitrogen and oxygen atoms in total. The summed E-state index contributed by atoms with van der Waals surface area (Å²) in [6.07, 6.45) is 0. The fraction of sp³-hybridized carbons (Fsp3) is 0. The van der Waals surface area contributed by atoms with Gasteiger partial charge in [-0.15, -0.1) is 29.5 Å². The van der Waals surface area contributed by atoms with E-state index in [0.717, 1.165) is 22.0 Å². The van der Waals surface area contributed by atoms with Gasteiger partial charge in [0, 0.05) is 33.3 Å². The molecule has 0 spiro atoms. The molecule has 6 aromatic rings. The molecule has 0 aliphatic heterocycles. The minimum Gasteiger partial charge on any atom is -0.748 e. The summed E-state index contributed by atoms with van der Waals surface area (Å²) in [4.78, 5) is 2.72. The summed E-state index contributed by atoms with van der Waals surface area (Å²) in [5.74, 6) is 0. The van der Waals surface area contributed by atoms with Gasteiger partial charge in [-0.05, 0) is 46.7 Å². The van der Waals surface area contributed by atoms with Gasteiger partial charge in [-0.3, -0.25) is 0 Å². The number of aromatic nitrogens is 1. The number of nitriles is 3. The van der Waals surface area contributed by atoms with Crippen molar-refractivity contribution >= 4 is 28.2 Å². The van der Waals surface area contributed by atoms with Crippen LogP contribution in [0.2, 0.25) is 0 Å². The second-order valence-corrected chi connectivity index (χ2v) is 10.3. The van der Waals surface area contributed by atoms with Gasteiger partial charge in [0.1, 0.15) is 23.8 Å². The van der Waals surface area contributed by atoms with E-state index in [9.17, 15) is 15.8 Å². The number of hydrogen-bond donors (Lipinski definition) is 0. The molecule has 0 unspecified atom stereocenters. The van der Waals surface area contributed by atoms with E-state index in [0.29, 0.717) is 4.88 Å². The Morgan fingerprint density at radius 3 is 2.00 bits per heavy atom. The predicted molar refractivity (Wildman–Crippen MR) is 159 cm³/mol. The van der Waals surface area contributed by atoms with Gasteiger partial charge in [0.15, 0.2) is 0 Å². The maximum atomic E-state index is 9.57. The van der Waals surface area contributed by atoms with Crippen LogP contribution < -0.4 is 0 Å². The zero-order valence-electron chi connectivity index (χ0n) is 21.0. The fourth-order valence-corrected chi connectivity index (χ4v) is 6.21. The molecule has 3 aromatic carbocycles. The molecule has 6 rings (SSSR count). The third-order valence-corrected chi connectivity index (χ3v) is 8.07. The Bertz CT molecular complexity index is 1800. The van der Waals surface area contributed by atoms with Crippen molar-refractivity contribution in [2.24, 2.45) is 0 Å². The number of nitrogens with zero attached hydrogens (tertiary/aromatic N) is 4. The molecule has 0 N–H and O–H groups in total. The van der Waals surface area contributed by atoms with Gasteiger partial charge < -0.3 is 34.9 Å². The fourth-order valence-electron chi connectivity index (χ4n) is 4.25. The van der Waals surface area contributed by atoms with Crippen molar-refractivity contribution in [1.82, 2.24) is 4.57 Å². The van der Waals surface area contributed by atoms with Gasteiger partial charge in [-0.1, -0.05) is 29.3 Å². The van der Waals surface area contributed by atoms with Crippen LogP contribution in [0.3, 0.4) is 0 Å². The predicted octanol–water partition coefficient (Wildman–Crippen LogP) is 9.05. The van der Waals surface area contributed by atoms with Crippen LogP contribution in [0.5, 0.6) is 0 Å². The van der Waals surface area contributed by atoms with E-state index < -0.39 is 0 Å². The molecule has 0 saturated carbocycles. The topological polar surface area (TPSA) is 76.3 Å². The first-order chi connectivity index (χ1) is 19.2. The summed E-state index contributed by atoms with van der Waals surface area (Å²) in [7, 11) is 0. The summed E-state index contributed by atoms with van der Waals surface area (Å²) in [5, 5.41) is 30.2. The Kier molecular flexibility index (Phi) is 9.50. The number of allylic oxidation sites excluding steroid dienone is 2. The van der Waals surface area contributed by atoms with Gasteiger partial charge in [0.05, 0.1) is 16.1 Å². The Morgan fingerprint density at radius 1 is 0.725 bits per heavy atom. The second kappa shape index (κ2) is 13.4. The zero-order chi connectivity index (χ0) is 27.0. The number of benzene rings is 1. The molecule has 0 fully saturated rings. The van der Waals surface area contributed by atoms with Gasteiger partial charge in [0.25, 0.3) is 0 Å². The monoisotopic (exact) mass is 592 g/mol. The minimum absolute atomic E-state index is 0. The summed E-state index contributed by atoms with van der Waals surface area (Å²) < 4.78 is 2.22. The molecular formula is C33H20FeN4S2-6. The first-order valence-electron chi connectivity index (χ1n) is 12.0. The molecule has 0 amide bonds. The molecule has 3 aromatic heterocycles. The van der Waals surface area contributed by atoms with Crippen LogP contribution >= 0.6 is 22.7 Å². The first kappa shape index (κ1) is 28.3. The maximum Gasteiger partial charge on any atom is 0.148 e. The average molecular weight is 593 g/mol. The Hall–Kier alpha value is -4.67. The van der Waals surface area contributed by atoms with Crippen LogP contribution in [0.1, 0.15) is 4.88 Å². The number of rotatable bonds is 5. The van der Waals surface area contributed by atoms with Gasteiger partial charge in [-0.25, -0.2) is 0 Å². The number of hydrogen-bond acceptors (Lipinski definition) is 5. The Labute approximate surface area is 251 Å². The Morgan fingerprint density at radius 2 is 1.38 bits per heavy atom. The first-order valence-corrected chi connectivity index (χ1v) is 13.7. The third-order valence-electron chi connectivity index (χ3n) is 6.01. The third kappa shape index (κ3) is 5.83. The van der Waals surface area contributed by atoms with E-state index in [4.69, 9.17) is 0 Å². The standard InChI is InChI=1S/C28H15N4S2.C5H5.Fe/c29-16-20(17-30)23(18-31)26-12-13-27(34-26)24-10-11-25(32(24)21-8-2-1-3-9-21)28-22(14-15-33-28)19-6-4-5-7-19;1-2-4-5-3-1;/h1-15H;1-5H;/q-1;-5;. The van der Waals surface area contributed by atoms with Crippen molar-refractivity contribution in [1.29, 1.82) is 15.8 Å². The molecule has 0 atom stereocenters. The summed E-state index contributed by atoms with van der Waals surface area (Å²) in [6.45, 7) is 0. The molecule has 0 aliphatic rings. The smallest absolute Gasteiger partial charge is 0.148 e. The van der Waals surface area contributed by atoms with Crippen molar-refractivity contribution in [3.8, 4) is 56.2 Å². The molecule has 198 valence electrons. The second-order valence-electron chi connectivity index (χ2n) is 8.32. The molecular weight excluding hydrogens is 572 g/mol. The minimum atomic E-state index is -0.173. The van der Waals surface area contributed by atoms with Crippen LogP contribution in [0, 0.1) is 34.0 Å². The van der Waals surface area contributed by atoms with E-state index in [2.05, 4.69) is 52.4 Å². The molecule has 40 heavy (non-hydrogen) atoms. The molecule has 0 radical (unpaired) electrons. The van der Waals surface area contributed by atoms with Crippen LogP contribution in [0.4, 0.5) is 0 Å². The Balaban J connectivity index is 0.000000557. The quantitative estimate of drug-likeness (QED) is 0.114. The van der Waals surface area contributed by atoms with Crippen molar-refractivity contribution < 1.29 is 17.1 Å². The number of para-hydroxylation sites is 1. The van der Waals surface area contributed by atoms with Crippen molar-refractivity contribution in [2.75, 3.05) is 0 Å². The normalized spacial score (nSPS) is 9.72. The van der Waals surface area contributed by atoms with E-state index in [1.165, 1.54) is 27.3 Å². The van der Waals surface area contributed by atoms with Gasteiger partial charge in [0.2, 0.25) is 0 Å². The van der Waals surface area contributed by atoms with Gasteiger partial charge >= 0.3 is 0 Å². The van der Waals surface area contributed by atoms with E-state index in [-0.39, 0.29) is 28.2 Å². The summed E-state index contributed by atoms with van der Waals surface area (Å²) in [6, 6.07) is 44.3. The molecule has 0 bridgehead atoms. The van der Waals surface area contributed by atoms with E-state index >= 15 is 0 Å². The van der Waals surface area contributed by atoms with Crippen molar-refractivity contribution in [3.05, 3.63) is 131 Å². The van der Waals surface area contributed by atoms with Crippen molar-refractivity contribution in [3.63, 3.8) is 0 Å². The average Bonchev–Trinajstić information content (AvgIpc) is 3.82. The van der Waals surface area contributed by atoms with E-state index in [1.54, 1.807) is 17.4 Å². The zero-order valence-corrected chi connectivity index (χ0v) is 23.7. The number of thiophene rings is 2. The van der Waals surface area contributed by atoms with Crippen molar-refractivity contribution in [2.45, 2.75) is 0 Å². The van der Waals surface area contributed by atoms with Gasteiger partial charge in [-0.2, -0.15) is 39.3 Å².